The van der Waals surface area contributed by atoms with Crippen molar-refractivity contribution >= 4 is 11.8 Å². The van der Waals surface area contributed by atoms with Crippen molar-refractivity contribution in [2.45, 2.75) is 24.3 Å². The molecule has 5 nitrogen and oxygen atoms in total. The Morgan fingerprint density at radius 3 is 2.39 bits per heavy atom. The summed E-state index contributed by atoms with van der Waals surface area (Å²) in [5.74, 6) is 2.39. The van der Waals surface area contributed by atoms with Crippen LogP contribution in [-0.4, -0.2) is 28.5 Å². The predicted octanol–water partition coefficient (Wildman–Crippen LogP) is 6.19. The van der Waals surface area contributed by atoms with E-state index in [1.54, 1.807) is 18.9 Å². The van der Waals surface area contributed by atoms with Crippen molar-refractivity contribution in [2.24, 2.45) is 0 Å². The molecule has 1 aromatic heterocycles. The fourth-order valence-corrected chi connectivity index (χ4v) is 4.33. The summed E-state index contributed by atoms with van der Waals surface area (Å²) in [6, 6.07) is 26.3. The molecule has 0 spiro atoms. The highest BCUT2D eigenvalue weighted by Crippen LogP contribution is 2.37. The minimum Gasteiger partial charge on any atom is -0.497 e. The Hall–Kier alpha value is -3.25. The van der Waals surface area contributed by atoms with Crippen LogP contribution in [0.5, 0.6) is 11.5 Å². The van der Waals surface area contributed by atoms with Crippen molar-refractivity contribution in [3.8, 4) is 28.6 Å². The summed E-state index contributed by atoms with van der Waals surface area (Å²) in [6.45, 7) is 4.80. The molecular formula is C25H25N3O2S. The van der Waals surface area contributed by atoms with Crippen LogP contribution in [0.1, 0.15) is 24.7 Å². The molecule has 1 atom stereocenters. The van der Waals surface area contributed by atoms with Crippen LogP contribution < -0.4 is 9.47 Å². The van der Waals surface area contributed by atoms with Crippen LogP contribution >= 0.6 is 11.8 Å². The Kier molecular flexibility index (Phi) is 6.57. The van der Waals surface area contributed by atoms with Gasteiger partial charge in [0.25, 0.3) is 0 Å². The Morgan fingerprint density at radius 2 is 1.68 bits per heavy atom. The average molecular weight is 432 g/mol. The Labute approximate surface area is 187 Å². The summed E-state index contributed by atoms with van der Waals surface area (Å²) in [7, 11) is 1.67. The van der Waals surface area contributed by atoms with Crippen molar-refractivity contribution in [1.82, 2.24) is 14.8 Å². The van der Waals surface area contributed by atoms with Gasteiger partial charge in [0.1, 0.15) is 11.5 Å². The predicted molar refractivity (Wildman–Crippen MR) is 125 cm³/mol. The molecule has 0 aliphatic rings. The highest BCUT2D eigenvalue weighted by Gasteiger charge is 2.19. The largest absolute Gasteiger partial charge is 0.497 e. The average Bonchev–Trinajstić information content (AvgIpc) is 3.24. The minimum absolute atomic E-state index is 0.227. The van der Waals surface area contributed by atoms with Gasteiger partial charge in [0.05, 0.1) is 13.7 Å². The maximum absolute atomic E-state index is 5.61. The fourth-order valence-electron chi connectivity index (χ4n) is 3.34. The van der Waals surface area contributed by atoms with Gasteiger partial charge >= 0.3 is 0 Å². The highest BCUT2D eigenvalue weighted by molar-refractivity contribution is 7.99. The molecule has 0 radical (unpaired) electrons. The van der Waals surface area contributed by atoms with Crippen LogP contribution in [0.25, 0.3) is 17.1 Å². The smallest absolute Gasteiger partial charge is 0.196 e. The third-order valence-corrected chi connectivity index (χ3v) is 6.02. The molecule has 0 aliphatic heterocycles. The van der Waals surface area contributed by atoms with Crippen molar-refractivity contribution in [3.05, 3.63) is 84.4 Å². The van der Waals surface area contributed by atoms with Gasteiger partial charge in [0.15, 0.2) is 11.0 Å². The number of benzene rings is 3. The zero-order valence-electron chi connectivity index (χ0n) is 17.9. The van der Waals surface area contributed by atoms with E-state index in [1.165, 1.54) is 5.56 Å². The second kappa shape index (κ2) is 9.71. The third kappa shape index (κ3) is 4.75. The molecular weight excluding hydrogens is 406 g/mol. The zero-order chi connectivity index (χ0) is 21.6. The van der Waals surface area contributed by atoms with Gasteiger partial charge in [-0.25, -0.2) is 0 Å². The fraction of sp³-hybridized carbons (Fsp3) is 0.200. The summed E-state index contributed by atoms with van der Waals surface area (Å²) in [5.41, 5.74) is 3.17. The number of methoxy groups -OCH3 is 1. The van der Waals surface area contributed by atoms with E-state index in [1.807, 2.05) is 61.5 Å². The van der Waals surface area contributed by atoms with Crippen molar-refractivity contribution < 1.29 is 9.47 Å². The van der Waals surface area contributed by atoms with Crippen LogP contribution in [0.2, 0.25) is 0 Å². The monoisotopic (exact) mass is 431 g/mol. The van der Waals surface area contributed by atoms with Crippen molar-refractivity contribution in [2.75, 3.05) is 13.7 Å². The molecule has 158 valence electrons. The molecule has 0 aliphatic carbocycles. The van der Waals surface area contributed by atoms with Gasteiger partial charge in [-0.3, -0.25) is 4.57 Å². The first kappa shape index (κ1) is 21.0. The molecule has 0 amide bonds. The van der Waals surface area contributed by atoms with E-state index < -0.39 is 0 Å². The second-order valence-corrected chi connectivity index (χ2v) is 8.28. The van der Waals surface area contributed by atoms with Crippen LogP contribution in [0.3, 0.4) is 0 Å². The Morgan fingerprint density at radius 1 is 0.903 bits per heavy atom. The van der Waals surface area contributed by atoms with Gasteiger partial charge < -0.3 is 9.47 Å². The normalized spacial score (nSPS) is 11.8. The molecule has 0 saturated carbocycles. The first-order valence-electron chi connectivity index (χ1n) is 10.2. The molecule has 4 rings (SSSR count). The van der Waals surface area contributed by atoms with Crippen LogP contribution in [0, 0.1) is 0 Å². The molecule has 1 heterocycles. The van der Waals surface area contributed by atoms with E-state index in [-0.39, 0.29) is 5.25 Å². The Balaban J connectivity index is 1.77. The zero-order valence-corrected chi connectivity index (χ0v) is 18.7. The number of thioether (sulfide) groups is 1. The summed E-state index contributed by atoms with van der Waals surface area (Å²) in [6.07, 6.45) is 0. The standard InChI is InChI=1S/C25H25N3O2S/c1-4-30-22-15-13-21(14-16-22)28-24(20-11-8-12-23(17-20)29-3)26-27-25(28)31-18(2)19-9-6-5-7-10-19/h5-18H,4H2,1-3H3/t18-/m1/s1. The number of aromatic nitrogens is 3. The topological polar surface area (TPSA) is 49.2 Å². The lowest BCUT2D eigenvalue weighted by Gasteiger charge is -2.15. The van der Waals surface area contributed by atoms with E-state index in [2.05, 4.69) is 46.0 Å². The lowest BCUT2D eigenvalue weighted by Crippen LogP contribution is -2.01. The van der Waals surface area contributed by atoms with Crippen LogP contribution in [0.15, 0.2) is 84.0 Å². The lowest BCUT2D eigenvalue weighted by molar-refractivity contribution is 0.340. The van der Waals surface area contributed by atoms with Gasteiger partial charge in [-0.05, 0) is 55.8 Å². The molecule has 3 aromatic carbocycles. The van der Waals surface area contributed by atoms with E-state index in [0.717, 1.165) is 33.7 Å². The summed E-state index contributed by atoms with van der Waals surface area (Å²) < 4.78 is 13.1. The molecule has 0 N–H and O–H groups in total. The van der Waals surface area contributed by atoms with Gasteiger partial charge in [0.2, 0.25) is 0 Å². The molecule has 0 unspecified atom stereocenters. The van der Waals surface area contributed by atoms with Gasteiger partial charge in [-0.1, -0.05) is 54.2 Å². The molecule has 4 aromatic rings. The summed E-state index contributed by atoms with van der Waals surface area (Å²) in [5, 5.41) is 10.2. The number of hydrogen-bond acceptors (Lipinski definition) is 5. The van der Waals surface area contributed by atoms with Crippen LogP contribution in [0.4, 0.5) is 0 Å². The van der Waals surface area contributed by atoms with Gasteiger partial charge in [0, 0.05) is 16.5 Å². The summed E-state index contributed by atoms with van der Waals surface area (Å²) >= 11 is 1.68. The van der Waals surface area contributed by atoms with E-state index in [4.69, 9.17) is 9.47 Å². The van der Waals surface area contributed by atoms with Gasteiger partial charge in [-0.2, -0.15) is 0 Å². The molecule has 0 bridgehead atoms. The van der Waals surface area contributed by atoms with Crippen LogP contribution in [-0.2, 0) is 0 Å². The minimum atomic E-state index is 0.227. The maximum atomic E-state index is 5.61. The van der Waals surface area contributed by atoms with E-state index >= 15 is 0 Å². The number of ether oxygens (including phenoxy) is 2. The first-order valence-corrected chi connectivity index (χ1v) is 11.1. The third-order valence-electron chi connectivity index (χ3n) is 4.92. The second-order valence-electron chi connectivity index (χ2n) is 6.97. The lowest BCUT2D eigenvalue weighted by atomic mass is 10.2. The maximum Gasteiger partial charge on any atom is 0.196 e. The molecule has 0 fully saturated rings. The quantitative estimate of drug-likeness (QED) is 0.311. The SMILES string of the molecule is CCOc1ccc(-n2c(S[C@H](C)c3ccccc3)nnc2-c2cccc(OC)c2)cc1. The first-order chi connectivity index (χ1) is 15.2. The molecule has 0 saturated heterocycles. The van der Waals surface area contributed by atoms with E-state index in [0.29, 0.717) is 6.61 Å². The number of hydrogen-bond donors (Lipinski definition) is 0. The van der Waals surface area contributed by atoms with Crippen molar-refractivity contribution in [1.29, 1.82) is 0 Å². The highest BCUT2D eigenvalue weighted by atomic mass is 32.2. The number of rotatable bonds is 8. The Bertz CT molecular complexity index is 1130. The molecule has 6 heteroatoms. The number of nitrogens with zero attached hydrogens (tertiary/aromatic N) is 3. The summed E-state index contributed by atoms with van der Waals surface area (Å²) in [4.78, 5) is 0. The molecule has 31 heavy (non-hydrogen) atoms. The van der Waals surface area contributed by atoms with E-state index in [9.17, 15) is 0 Å². The van der Waals surface area contributed by atoms with Gasteiger partial charge in [-0.15, -0.1) is 10.2 Å². The van der Waals surface area contributed by atoms with Crippen molar-refractivity contribution in [3.63, 3.8) is 0 Å².